The highest BCUT2D eigenvalue weighted by atomic mass is 79.9. The molecule has 3 amide bonds. The molecule has 1 aromatic rings. The van der Waals surface area contributed by atoms with Crippen LogP contribution in [0.15, 0.2) is 33.7 Å². The molecule has 39 heavy (non-hydrogen) atoms. The van der Waals surface area contributed by atoms with Crippen LogP contribution in [0.2, 0.25) is 0 Å². The summed E-state index contributed by atoms with van der Waals surface area (Å²) in [5.41, 5.74) is 5.30. The number of fused-ring (bicyclic) bond motifs is 1. The Morgan fingerprint density at radius 1 is 1.21 bits per heavy atom. The number of halogens is 4. The molecule has 0 spiro atoms. The fourth-order valence-corrected chi connectivity index (χ4v) is 6.08. The maximum atomic E-state index is 13.4. The Bertz CT molecular complexity index is 1180. The first kappa shape index (κ1) is 29.1. The van der Waals surface area contributed by atoms with Gasteiger partial charge in [-0.05, 0) is 72.2 Å². The minimum absolute atomic E-state index is 0.0284. The van der Waals surface area contributed by atoms with E-state index >= 15 is 0 Å². The van der Waals surface area contributed by atoms with Crippen LogP contribution in [0.4, 0.5) is 23.7 Å². The molecule has 1 unspecified atom stereocenters. The summed E-state index contributed by atoms with van der Waals surface area (Å²) in [4.78, 5) is 46.3. The summed E-state index contributed by atoms with van der Waals surface area (Å²) in [5.74, 6) is -1.72. The lowest BCUT2D eigenvalue weighted by Gasteiger charge is -2.37. The Kier molecular flexibility index (Phi) is 9.03. The summed E-state index contributed by atoms with van der Waals surface area (Å²) in [7, 11) is 1.18. The first-order valence-electron chi connectivity index (χ1n) is 13.0. The summed E-state index contributed by atoms with van der Waals surface area (Å²) in [6.07, 6.45) is 2.99. The number of carbonyl (C=O) groups excluding carboxylic acids is 3. The fourth-order valence-electron chi connectivity index (χ4n) is 5.57. The molecular weight excluding hydrogens is 581 g/mol. The molecule has 2 heterocycles. The number of aliphatic imine (C=N–C) groups is 1. The molecule has 1 aromatic carbocycles. The molecule has 3 aliphatic rings. The average molecular weight is 613 g/mol. The van der Waals surface area contributed by atoms with Gasteiger partial charge >= 0.3 is 18.2 Å². The third-order valence-corrected chi connectivity index (χ3v) is 8.38. The van der Waals surface area contributed by atoms with Crippen molar-refractivity contribution in [2.75, 3.05) is 32.5 Å². The summed E-state index contributed by atoms with van der Waals surface area (Å²) < 4.78 is 45.2. The normalized spacial score (nSPS) is 21.2. The molecule has 8 nitrogen and oxygen atoms in total. The van der Waals surface area contributed by atoms with E-state index in [1.165, 1.54) is 13.2 Å². The number of methoxy groups -OCH3 is 1. The van der Waals surface area contributed by atoms with E-state index < -0.39 is 29.3 Å². The molecule has 212 valence electrons. The van der Waals surface area contributed by atoms with Crippen molar-refractivity contribution in [1.29, 1.82) is 0 Å². The minimum atomic E-state index is -4.67. The second-order valence-electron chi connectivity index (χ2n) is 10.2. The van der Waals surface area contributed by atoms with Crippen molar-refractivity contribution in [3.05, 3.63) is 39.9 Å². The zero-order valence-corrected chi connectivity index (χ0v) is 23.3. The van der Waals surface area contributed by atoms with Crippen molar-refractivity contribution in [1.82, 2.24) is 9.80 Å². The average Bonchev–Trinajstić information content (AvgIpc) is 3.07. The van der Waals surface area contributed by atoms with E-state index in [1.54, 1.807) is 4.90 Å². The lowest BCUT2D eigenvalue weighted by molar-refractivity contribution is -0.149. The monoisotopic (exact) mass is 612 g/mol. The molecule has 0 saturated carbocycles. The third kappa shape index (κ3) is 6.82. The molecule has 1 fully saturated rings. The van der Waals surface area contributed by atoms with Crippen LogP contribution in [0.1, 0.15) is 49.7 Å². The van der Waals surface area contributed by atoms with Gasteiger partial charge in [0, 0.05) is 48.2 Å². The number of anilines is 1. The second-order valence-corrected chi connectivity index (χ2v) is 11.1. The standard InChI is InChI=1S/C27H32BrF3N4O4/c1-39-25(37)18(12-16-13-20(27(29,30)31)24(32)21(28)14-16)15-23(36)34-9-7-19(8-10-34)35-11-6-17-4-2-3-5-22(17)33-26(35)38/h2,4,13-14,17-19H,3,5-12,15,32H2,1H3/t17?,18-/m0/s1. The number of ether oxygens (including phenoxy) is 1. The number of piperidine rings is 1. The second kappa shape index (κ2) is 12.1. The van der Waals surface area contributed by atoms with Crippen LogP contribution in [0, 0.1) is 11.8 Å². The van der Waals surface area contributed by atoms with Crippen LogP contribution in [0.25, 0.3) is 0 Å². The summed E-state index contributed by atoms with van der Waals surface area (Å²) in [6.45, 7) is 1.43. The number of amides is 3. The number of hydrogen-bond acceptors (Lipinski definition) is 5. The van der Waals surface area contributed by atoms with E-state index in [-0.39, 0.29) is 46.8 Å². The number of nitrogen functional groups attached to an aromatic ring is 1. The summed E-state index contributed by atoms with van der Waals surface area (Å²) >= 11 is 3.06. The summed E-state index contributed by atoms with van der Waals surface area (Å²) in [6, 6.07) is 2.08. The molecule has 2 aliphatic heterocycles. The molecule has 12 heteroatoms. The van der Waals surface area contributed by atoms with Gasteiger partial charge in [-0.25, -0.2) is 9.79 Å². The number of urea groups is 1. The number of allylic oxidation sites excluding steroid dienone is 2. The Morgan fingerprint density at radius 2 is 1.92 bits per heavy atom. The van der Waals surface area contributed by atoms with Gasteiger partial charge < -0.3 is 20.3 Å². The number of nitrogens with two attached hydrogens (primary N) is 1. The fraction of sp³-hybridized carbons (Fsp3) is 0.556. The zero-order chi connectivity index (χ0) is 28.3. The van der Waals surface area contributed by atoms with E-state index in [2.05, 4.69) is 33.1 Å². The molecule has 0 bridgehead atoms. The highest BCUT2D eigenvalue weighted by molar-refractivity contribution is 9.10. The quantitative estimate of drug-likeness (QED) is 0.277. The van der Waals surface area contributed by atoms with E-state index in [0.29, 0.717) is 32.5 Å². The van der Waals surface area contributed by atoms with Gasteiger partial charge in [0.2, 0.25) is 5.91 Å². The van der Waals surface area contributed by atoms with Gasteiger partial charge in [0.05, 0.1) is 24.3 Å². The predicted molar refractivity (Wildman–Crippen MR) is 143 cm³/mol. The Hall–Kier alpha value is -2.89. The van der Waals surface area contributed by atoms with Crippen LogP contribution in [0.5, 0.6) is 0 Å². The molecule has 0 aromatic heterocycles. The Labute approximate surface area is 233 Å². The lowest BCUT2D eigenvalue weighted by atomic mass is 9.90. The largest absolute Gasteiger partial charge is 0.469 e. The molecule has 1 aliphatic carbocycles. The number of nitrogens with zero attached hydrogens (tertiary/aromatic N) is 3. The minimum Gasteiger partial charge on any atom is -0.469 e. The third-order valence-electron chi connectivity index (χ3n) is 7.72. The number of likely N-dealkylation sites (tertiary alicyclic amines) is 1. The molecule has 2 N–H and O–H groups in total. The Morgan fingerprint density at radius 3 is 2.59 bits per heavy atom. The highest BCUT2D eigenvalue weighted by Gasteiger charge is 2.36. The van der Waals surface area contributed by atoms with Gasteiger partial charge in [-0.2, -0.15) is 13.2 Å². The van der Waals surface area contributed by atoms with E-state index in [0.717, 1.165) is 31.0 Å². The summed E-state index contributed by atoms with van der Waals surface area (Å²) in [5, 5.41) is 0. The van der Waals surface area contributed by atoms with Gasteiger partial charge in [0.15, 0.2) is 0 Å². The van der Waals surface area contributed by atoms with Crippen molar-refractivity contribution < 1.29 is 32.3 Å². The van der Waals surface area contributed by atoms with Gasteiger partial charge in [-0.1, -0.05) is 12.2 Å². The van der Waals surface area contributed by atoms with Crippen molar-refractivity contribution in [3.63, 3.8) is 0 Å². The van der Waals surface area contributed by atoms with Crippen molar-refractivity contribution in [2.45, 2.75) is 57.2 Å². The molecular formula is C27H32BrF3N4O4. The Balaban J connectivity index is 1.38. The molecule has 4 rings (SSSR count). The number of esters is 1. The van der Waals surface area contributed by atoms with Gasteiger partial charge in [-0.15, -0.1) is 0 Å². The van der Waals surface area contributed by atoms with Crippen LogP contribution < -0.4 is 5.73 Å². The molecule has 2 atom stereocenters. The van der Waals surface area contributed by atoms with Crippen molar-refractivity contribution >= 4 is 45.2 Å². The predicted octanol–water partition coefficient (Wildman–Crippen LogP) is 5.00. The van der Waals surface area contributed by atoms with Crippen LogP contribution >= 0.6 is 15.9 Å². The first-order valence-corrected chi connectivity index (χ1v) is 13.8. The van der Waals surface area contributed by atoms with Crippen molar-refractivity contribution in [2.24, 2.45) is 16.8 Å². The van der Waals surface area contributed by atoms with Gasteiger partial charge in [-0.3, -0.25) is 9.59 Å². The van der Waals surface area contributed by atoms with Gasteiger partial charge in [0.1, 0.15) is 0 Å². The van der Waals surface area contributed by atoms with Gasteiger partial charge in [0.25, 0.3) is 0 Å². The van der Waals surface area contributed by atoms with E-state index in [4.69, 9.17) is 10.5 Å². The van der Waals surface area contributed by atoms with Crippen LogP contribution in [-0.2, 0) is 26.9 Å². The first-order chi connectivity index (χ1) is 18.5. The highest BCUT2D eigenvalue weighted by Crippen LogP contribution is 2.38. The maximum absolute atomic E-state index is 13.4. The number of carbonyl (C=O) groups is 3. The van der Waals surface area contributed by atoms with Crippen molar-refractivity contribution in [3.8, 4) is 0 Å². The van der Waals surface area contributed by atoms with Crippen LogP contribution in [0.3, 0.4) is 0 Å². The molecule has 0 radical (unpaired) electrons. The molecule has 1 saturated heterocycles. The van der Waals surface area contributed by atoms with E-state index in [1.807, 2.05) is 4.90 Å². The van der Waals surface area contributed by atoms with E-state index in [9.17, 15) is 27.6 Å². The topological polar surface area (TPSA) is 105 Å². The lowest BCUT2D eigenvalue weighted by Crippen LogP contribution is -2.48. The zero-order valence-electron chi connectivity index (χ0n) is 21.7. The SMILES string of the molecule is COC(=O)[C@H](CC(=O)N1CCC(N2CCC3C=CCCC3=NC2=O)CC1)Cc1cc(Br)c(N)c(C(F)(F)F)c1. The van der Waals surface area contributed by atoms with Crippen LogP contribution in [-0.4, -0.2) is 66.2 Å². The smallest absolute Gasteiger partial charge is 0.418 e. The number of benzene rings is 1. The number of hydrogen-bond donors (Lipinski definition) is 1. The maximum Gasteiger partial charge on any atom is 0.418 e. The number of rotatable bonds is 6. The number of alkyl halides is 3.